The number of carbonyl (C=O) groups excluding carboxylic acids is 1. The molecule has 0 unspecified atom stereocenters. The van der Waals surface area contributed by atoms with Gasteiger partial charge >= 0.3 is 5.97 Å². The number of thiophene rings is 1. The lowest BCUT2D eigenvalue weighted by Crippen LogP contribution is -2.27. The van der Waals surface area contributed by atoms with Crippen LogP contribution in [-0.4, -0.2) is 41.6 Å². The number of carboxylic acids is 1. The fraction of sp³-hybridized carbons (Fsp3) is 0.167. The highest BCUT2D eigenvalue weighted by atomic mass is 32.2. The Bertz CT molecular complexity index is 1610. The van der Waals surface area contributed by atoms with Gasteiger partial charge in [-0.3, -0.25) is 9.59 Å². The summed E-state index contributed by atoms with van der Waals surface area (Å²) < 4.78 is 29.1. The number of hydrogen-bond donors (Lipinski definition) is 3. The van der Waals surface area contributed by atoms with Crippen LogP contribution in [0, 0.1) is 0 Å². The molecule has 2 aromatic heterocycles. The number of carbonyl (C=O) groups is 2. The predicted molar refractivity (Wildman–Crippen MR) is 133 cm³/mol. The molecule has 0 aliphatic carbocycles. The van der Waals surface area contributed by atoms with Gasteiger partial charge < -0.3 is 20.1 Å². The number of aromatic nitrogens is 2. The molecule has 0 radical (unpaired) electrons. The van der Waals surface area contributed by atoms with Gasteiger partial charge in [0.2, 0.25) is 5.82 Å². The lowest BCUT2D eigenvalue weighted by molar-refractivity contribution is 0.0696. The first kappa shape index (κ1) is 25.2. The molecule has 4 aromatic rings. The average molecular weight is 528 g/mol. The minimum absolute atomic E-state index is 0.0565. The van der Waals surface area contributed by atoms with E-state index in [0.29, 0.717) is 21.3 Å². The highest BCUT2D eigenvalue weighted by Gasteiger charge is 2.16. The summed E-state index contributed by atoms with van der Waals surface area (Å²) in [5.41, 5.74) is 1.70. The highest BCUT2D eigenvalue weighted by molar-refractivity contribution is 7.90. The van der Waals surface area contributed by atoms with Gasteiger partial charge in [0.25, 0.3) is 11.5 Å². The number of aromatic carboxylic acids is 1. The number of nitrogens with zero attached hydrogens (tertiary/aromatic N) is 1. The second kappa shape index (κ2) is 10.4. The van der Waals surface area contributed by atoms with Gasteiger partial charge in [-0.1, -0.05) is 24.3 Å². The van der Waals surface area contributed by atoms with E-state index < -0.39 is 27.3 Å². The maximum atomic E-state index is 12.7. The largest absolute Gasteiger partial charge is 0.478 e. The first-order valence-corrected chi connectivity index (χ1v) is 13.4. The minimum atomic E-state index is -3.37. The molecule has 12 heteroatoms. The van der Waals surface area contributed by atoms with Crippen LogP contribution in [0.5, 0.6) is 0 Å². The Hall–Kier alpha value is -3.87. The Morgan fingerprint density at radius 1 is 1.11 bits per heavy atom. The molecule has 186 valence electrons. The van der Waals surface area contributed by atoms with E-state index in [-0.39, 0.29) is 36.0 Å². The third-order valence-corrected chi connectivity index (χ3v) is 7.27. The molecule has 3 N–H and O–H groups in total. The van der Waals surface area contributed by atoms with Crippen LogP contribution in [0.3, 0.4) is 0 Å². The predicted octanol–water partition coefficient (Wildman–Crippen LogP) is 2.73. The van der Waals surface area contributed by atoms with Crippen LogP contribution >= 0.6 is 11.3 Å². The molecule has 2 heterocycles. The Labute approximate surface area is 209 Å². The van der Waals surface area contributed by atoms with Gasteiger partial charge in [-0.15, -0.1) is 11.3 Å². The maximum Gasteiger partial charge on any atom is 0.335 e. The number of nitrogens with one attached hydrogen (secondary N) is 2. The summed E-state index contributed by atoms with van der Waals surface area (Å²) in [7, 11) is -3.37. The van der Waals surface area contributed by atoms with E-state index in [1.165, 1.54) is 35.6 Å². The van der Waals surface area contributed by atoms with Crippen molar-refractivity contribution in [2.45, 2.75) is 24.7 Å². The standard InChI is InChI=1S/C24H21N3O7S2/c1-36(32,33)18-4-2-3-15(9-18)10-25-22(29)20-26-21(28)19-17(13-35-23(19)27-20)12-34-11-14-5-7-16(8-6-14)24(30)31/h2-9,13H,10-12H2,1H3,(H,25,29)(H,30,31)(H,26,27,28). The van der Waals surface area contributed by atoms with Gasteiger partial charge in [0.05, 0.1) is 29.1 Å². The van der Waals surface area contributed by atoms with E-state index in [1.807, 2.05) is 0 Å². The number of fused-ring (bicyclic) bond motifs is 1. The van der Waals surface area contributed by atoms with Crippen molar-refractivity contribution in [1.82, 2.24) is 15.3 Å². The number of aromatic amines is 1. The lowest BCUT2D eigenvalue weighted by atomic mass is 10.1. The fourth-order valence-electron chi connectivity index (χ4n) is 3.40. The van der Waals surface area contributed by atoms with Crippen LogP contribution in [0.25, 0.3) is 10.2 Å². The fourth-order valence-corrected chi connectivity index (χ4v) is 5.01. The Morgan fingerprint density at radius 3 is 2.56 bits per heavy atom. The smallest absolute Gasteiger partial charge is 0.335 e. The zero-order chi connectivity index (χ0) is 25.9. The quantitative estimate of drug-likeness (QED) is 0.300. The van der Waals surface area contributed by atoms with E-state index in [4.69, 9.17) is 9.84 Å². The Morgan fingerprint density at radius 2 is 1.86 bits per heavy atom. The van der Waals surface area contributed by atoms with Crippen molar-refractivity contribution in [2.24, 2.45) is 0 Å². The lowest BCUT2D eigenvalue weighted by Gasteiger charge is -2.07. The first-order chi connectivity index (χ1) is 17.1. The molecule has 0 bridgehead atoms. The minimum Gasteiger partial charge on any atom is -0.478 e. The average Bonchev–Trinajstić information content (AvgIpc) is 3.26. The Kier molecular flexibility index (Phi) is 7.29. The summed E-state index contributed by atoms with van der Waals surface area (Å²) in [6, 6.07) is 12.5. The molecule has 1 amide bonds. The SMILES string of the molecule is CS(=O)(=O)c1cccc(CNC(=O)c2nc3scc(COCc4ccc(C(=O)O)cc4)c3c(=O)[nH]2)c1. The Balaban J connectivity index is 1.41. The van der Waals surface area contributed by atoms with Gasteiger partial charge in [0.1, 0.15) is 4.83 Å². The van der Waals surface area contributed by atoms with Gasteiger partial charge in [0, 0.05) is 18.4 Å². The number of amides is 1. The summed E-state index contributed by atoms with van der Waals surface area (Å²) >= 11 is 1.21. The number of ether oxygens (including phenoxy) is 1. The number of carboxylic acid groups (broad SMARTS) is 1. The molecule has 36 heavy (non-hydrogen) atoms. The third kappa shape index (κ3) is 5.85. The molecular formula is C24H21N3O7S2. The van der Waals surface area contributed by atoms with Gasteiger partial charge in [-0.05, 0) is 40.8 Å². The zero-order valence-corrected chi connectivity index (χ0v) is 20.6. The van der Waals surface area contributed by atoms with E-state index >= 15 is 0 Å². The van der Waals surface area contributed by atoms with Crippen molar-refractivity contribution in [1.29, 1.82) is 0 Å². The first-order valence-electron chi connectivity index (χ1n) is 10.6. The van der Waals surface area contributed by atoms with Crippen LogP contribution in [0.1, 0.15) is 37.7 Å². The third-order valence-electron chi connectivity index (χ3n) is 5.24. The van der Waals surface area contributed by atoms with E-state index in [2.05, 4.69) is 15.3 Å². The summed E-state index contributed by atoms with van der Waals surface area (Å²) in [4.78, 5) is 43.5. The van der Waals surface area contributed by atoms with Crippen LogP contribution in [0.15, 0.2) is 63.6 Å². The highest BCUT2D eigenvalue weighted by Crippen LogP contribution is 2.22. The van der Waals surface area contributed by atoms with Crippen molar-refractivity contribution < 1.29 is 27.9 Å². The van der Waals surface area contributed by atoms with Crippen LogP contribution in [0.4, 0.5) is 0 Å². The molecule has 0 atom stereocenters. The molecule has 4 rings (SSSR count). The molecule has 0 aliphatic heterocycles. The van der Waals surface area contributed by atoms with Crippen molar-refractivity contribution >= 4 is 43.3 Å². The van der Waals surface area contributed by atoms with Gasteiger partial charge in [0.15, 0.2) is 9.84 Å². The molecule has 0 aliphatic rings. The number of hydrogen-bond acceptors (Lipinski definition) is 8. The molecule has 10 nitrogen and oxygen atoms in total. The van der Waals surface area contributed by atoms with Gasteiger partial charge in [-0.25, -0.2) is 18.2 Å². The molecule has 0 saturated carbocycles. The summed E-state index contributed by atoms with van der Waals surface area (Å²) in [5, 5.41) is 13.7. The maximum absolute atomic E-state index is 12.7. The van der Waals surface area contributed by atoms with Crippen molar-refractivity contribution in [3.63, 3.8) is 0 Å². The van der Waals surface area contributed by atoms with Crippen LogP contribution in [-0.2, 0) is 34.3 Å². The second-order valence-electron chi connectivity index (χ2n) is 7.95. The molecule has 2 aromatic carbocycles. The molecule has 0 saturated heterocycles. The van der Waals surface area contributed by atoms with Crippen molar-refractivity contribution in [3.05, 3.63) is 92.3 Å². The van der Waals surface area contributed by atoms with Gasteiger partial charge in [-0.2, -0.15) is 0 Å². The topological polar surface area (TPSA) is 156 Å². The van der Waals surface area contributed by atoms with E-state index in [0.717, 1.165) is 11.8 Å². The molecular weight excluding hydrogens is 506 g/mol. The number of benzene rings is 2. The van der Waals surface area contributed by atoms with Crippen molar-refractivity contribution in [2.75, 3.05) is 6.26 Å². The van der Waals surface area contributed by atoms with Crippen LogP contribution in [0.2, 0.25) is 0 Å². The monoisotopic (exact) mass is 527 g/mol. The molecule has 0 fully saturated rings. The second-order valence-corrected chi connectivity index (χ2v) is 10.8. The zero-order valence-electron chi connectivity index (χ0n) is 19.0. The van der Waals surface area contributed by atoms with E-state index in [1.54, 1.807) is 29.6 Å². The summed E-state index contributed by atoms with van der Waals surface area (Å²) in [6.07, 6.45) is 1.10. The summed E-state index contributed by atoms with van der Waals surface area (Å²) in [6.45, 7) is 0.415. The normalized spacial score (nSPS) is 11.5. The number of rotatable bonds is 9. The van der Waals surface area contributed by atoms with Crippen molar-refractivity contribution in [3.8, 4) is 0 Å². The van der Waals surface area contributed by atoms with Crippen LogP contribution < -0.4 is 10.9 Å². The molecule has 0 spiro atoms. The number of sulfone groups is 1. The van der Waals surface area contributed by atoms with E-state index in [9.17, 15) is 22.8 Å². The number of H-pyrrole nitrogens is 1. The summed E-state index contributed by atoms with van der Waals surface area (Å²) in [5.74, 6) is -1.76.